The highest BCUT2D eigenvalue weighted by molar-refractivity contribution is 6.30. The summed E-state index contributed by atoms with van der Waals surface area (Å²) in [6.07, 6.45) is 1.09. The first kappa shape index (κ1) is 24.5. The lowest BCUT2D eigenvalue weighted by Crippen LogP contribution is -2.41. The van der Waals surface area contributed by atoms with Crippen molar-refractivity contribution in [1.29, 1.82) is 0 Å². The molecule has 1 aliphatic rings. The molecule has 0 radical (unpaired) electrons. The Morgan fingerprint density at radius 2 is 1.83 bits per heavy atom. The van der Waals surface area contributed by atoms with Crippen LogP contribution < -0.4 is 9.47 Å². The van der Waals surface area contributed by atoms with E-state index in [9.17, 15) is 9.59 Å². The first-order valence-corrected chi connectivity index (χ1v) is 11.5. The van der Waals surface area contributed by atoms with Gasteiger partial charge in [0.05, 0.1) is 33.8 Å². The van der Waals surface area contributed by atoms with Crippen molar-refractivity contribution in [3.8, 4) is 22.9 Å². The number of hydrogen-bond acceptors (Lipinski definition) is 8. The number of carbonyl (C=O) groups is 2. The summed E-state index contributed by atoms with van der Waals surface area (Å²) in [6.45, 7) is 0.461. The van der Waals surface area contributed by atoms with E-state index in [1.54, 1.807) is 43.4 Å². The van der Waals surface area contributed by atoms with Crippen molar-refractivity contribution in [3.63, 3.8) is 0 Å². The molecule has 0 fully saturated rings. The number of benzene rings is 2. The lowest BCUT2D eigenvalue weighted by atomic mass is 9.89. The van der Waals surface area contributed by atoms with Crippen LogP contribution in [0.15, 0.2) is 40.9 Å². The number of amides is 1. The molecule has 0 saturated carbocycles. The molecule has 35 heavy (non-hydrogen) atoms. The Morgan fingerprint density at radius 3 is 2.51 bits per heavy atom. The van der Waals surface area contributed by atoms with Crippen molar-refractivity contribution in [2.75, 3.05) is 27.9 Å². The molecule has 1 unspecified atom stereocenters. The topological polar surface area (TPSA) is 104 Å². The van der Waals surface area contributed by atoms with Gasteiger partial charge in [-0.3, -0.25) is 9.59 Å². The Labute approximate surface area is 207 Å². The smallest absolute Gasteiger partial charge is 0.307 e. The molecule has 10 heteroatoms. The minimum absolute atomic E-state index is 0.0337. The normalized spacial score (nSPS) is 14.9. The molecule has 2 aromatic carbocycles. The van der Waals surface area contributed by atoms with Crippen molar-refractivity contribution in [1.82, 2.24) is 15.0 Å². The monoisotopic (exact) mass is 499 g/mol. The van der Waals surface area contributed by atoms with Crippen LogP contribution in [0.1, 0.15) is 35.9 Å². The number of esters is 1. The molecule has 184 valence electrons. The molecule has 0 bridgehead atoms. The molecule has 0 spiro atoms. The third kappa shape index (κ3) is 5.40. The third-order valence-electron chi connectivity index (χ3n) is 6.03. The molecule has 1 atom stereocenters. The molecule has 2 heterocycles. The Morgan fingerprint density at radius 1 is 1.11 bits per heavy atom. The maximum absolute atomic E-state index is 13.3. The van der Waals surface area contributed by atoms with Crippen LogP contribution in [0.4, 0.5) is 0 Å². The van der Waals surface area contributed by atoms with Crippen LogP contribution in [-0.2, 0) is 27.2 Å². The number of rotatable bonds is 8. The van der Waals surface area contributed by atoms with Gasteiger partial charge in [-0.25, -0.2) is 0 Å². The van der Waals surface area contributed by atoms with Gasteiger partial charge in [-0.1, -0.05) is 16.8 Å². The van der Waals surface area contributed by atoms with Crippen molar-refractivity contribution < 1.29 is 28.3 Å². The second-order valence-corrected chi connectivity index (χ2v) is 8.49. The molecule has 9 nitrogen and oxygen atoms in total. The maximum atomic E-state index is 13.3. The van der Waals surface area contributed by atoms with Gasteiger partial charge in [0.1, 0.15) is 0 Å². The van der Waals surface area contributed by atoms with E-state index in [0.29, 0.717) is 41.2 Å². The number of aryl methyl sites for hydroxylation is 1. The molecular weight excluding hydrogens is 474 g/mol. The van der Waals surface area contributed by atoms with Crippen LogP contribution in [0.25, 0.3) is 11.4 Å². The Kier molecular flexibility index (Phi) is 7.55. The number of nitrogens with zero attached hydrogens (tertiary/aromatic N) is 3. The standard InChI is InChI=1S/C25H26ClN3O6/c1-32-20-12-16-10-11-29(19(14-24(31)34-3)18(16)13-21(20)33-2)23(30)9-8-22-27-25(28-35-22)15-4-6-17(26)7-5-15/h4-7,12-13,19H,8-11,14H2,1-3H3. The van der Waals surface area contributed by atoms with E-state index >= 15 is 0 Å². The quantitative estimate of drug-likeness (QED) is 0.428. The molecular formula is C25H26ClN3O6. The fourth-order valence-electron chi connectivity index (χ4n) is 4.22. The van der Waals surface area contributed by atoms with E-state index in [1.807, 2.05) is 12.1 Å². The van der Waals surface area contributed by atoms with Gasteiger partial charge < -0.3 is 23.6 Å². The van der Waals surface area contributed by atoms with Crippen molar-refractivity contribution in [2.24, 2.45) is 0 Å². The molecule has 0 N–H and O–H groups in total. The predicted molar refractivity (Wildman–Crippen MR) is 127 cm³/mol. The molecule has 0 aliphatic carbocycles. The zero-order valence-corrected chi connectivity index (χ0v) is 20.5. The summed E-state index contributed by atoms with van der Waals surface area (Å²) < 4.78 is 21.1. The minimum Gasteiger partial charge on any atom is -0.493 e. The lowest BCUT2D eigenvalue weighted by Gasteiger charge is -2.37. The number of ether oxygens (including phenoxy) is 3. The number of aromatic nitrogens is 2. The van der Waals surface area contributed by atoms with Crippen molar-refractivity contribution in [2.45, 2.75) is 31.7 Å². The van der Waals surface area contributed by atoms with Gasteiger partial charge >= 0.3 is 5.97 Å². The number of fused-ring (bicyclic) bond motifs is 1. The number of hydrogen-bond donors (Lipinski definition) is 0. The zero-order valence-electron chi connectivity index (χ0n) is 19.7. The SMILES string of the molecule is COC(=O)CC1c2cc(OC)c(OC)cc2CCN1C(=O)CCc1nc(-c2ccc(Cl)cc2)no1. The van der Waals surface area contributed by atoms with Gasteiger partial charge in [-0.05, 0) is 53.9 Å². The van der Waals surface area contributed by atoms with Crippen LogP contribution in [-0.4, -0.2) is 54.8 Å². The van der Waals surface area contributed by atoms with E-state index in [-0.39, 0.29) is 25.2 Å². The number of carbonyl (C=O) groups excluding carboxylic acids is 2. The molecule has 3 aromatic rings. The fraction of sp³-hybridized carbons (Fsp3) is 0.360. The number of halogens is 1. The predicted octanol–water partition coefficient (Wildman–Crippen LogP) is 4.03. The van der Waals surface area contributed by atoms with Crippen molar-refractivity contribution >= 4 is 23.5 Å². The molecule has 4 rings (SSSR count). The van der Waals surface area contributed by atoms with Gasteiger partial charge in [0.2, 0.25) is 17.6 Å². The highest BCUT2D eigenvalue weighted by atomic mass is 35.5. The van der Waals surface area contributed by atoms with Crippen molar-refractivity contribution in [3.05, 3.63) is 58.4 Å². The van der Waals surface area contributed by atoms with E-state index in [4.69, 9.17) is 30.3 Å². The first-order valence-electron chi connectivity index (χ1n) is 11.1. The second kappa shape index (κ2) is 10.8. The van der Waals surface area contributed by atoms with Gasteiger partial charge in [0, 0.05) is 30.0 Å². The molecule has 1 aliphatic heterocycles. The van der Waals surface area contributed by atoms with Crippen LogP contribution >= 0.6 is 11.6 Å². The first-order chi connectivity index (χ1) is 16.9. The van der Waals surface area contributed by atoms with E-state index < -0.39 is 12.0 Å². The number of methoxy groups -OCH3 is 3. The summed E-state index contributed by atoms with van der Waals surface area (Å²) in [5.41, 5.74) is 2.62. The van der Waals surface area contributed by atoms with Crippen LogP contribution in [0, 0.1) is 0 Å². The second-order valence-electron chi connectivity index (χ2n) is 8.06. The highest BCUT2D eigenvalue weighted by Gasteiger charge is 2.34. The maximum Gasteiger partial charge on any atom is 0.307 e. The van der Waals surface area contributed by atoms with Crippen LogP contribution in [0.2, 0.25) is 5.02 Å². The summed E-state index contributed by atoms with van der Waals surface area (Å²) in [5.74, 6) is 1.41. The Bertz CT molecular complexity index is 1210. The summed E-state index contributed by atoms with van der Waals surface area (Å²) in [5, 5.41) is 4.61. The van der Waals surface area contributed by atoms with Crippen LogP contribution in [0.3, 0.4) is 0 Å². The van der Waals surface area contributed by atoms with Gasteiger partial charge in [-0.15, -0.1) is 0 Å². The fourth-order valence-corrected chi connectivity index (χ4v) is 4.34. The molecule has 1 aromatic heterocycles. The largest absolute Gasteiger partial charge is 0.493 e. The van der Waals surface area contributed by atoms with Crippen LogP contribution in [0.5, 0.6) is 11.5 Å². The van der Waals surface area contributed by atoms with Gasteiger partial charge in [0.25, 0.3) is 0 Å². The Balaban J connectivity index is 1.51. The van der Waals surface area contributed by atoms with E-state index in [1.165, 1.54) is 7.11 Å². The summed E-state index contributed by atoms with van der Waals surface area (Å²) in [4.78, 5) is 31.6. The van der Waals surface area contributed by atoms with E-state index in [0.717, 1.165) is 16.7 Å². The minimum atomic E-state index is -0.481. The molecule has 1 amide bonds. The molecule has 0 saturated heterocycles. The van der Waals surface area contributed by atoms with Gasteiger partial charge in [0.15, 0.2) is 11.5 Å². The van der Waals surface area contributed by atoms with Gasteiger partial charge in [-0.2, -0.15) is 4.98 Å². The summed E-state index contributed by atoms with van der Waals surface area (Å²) >= 11 is 5.93. The highest BCUT2D eigenvalue weighted by Crippen LogP contribution is 2.40. The third-order valence-corrected chi connectivity index (χ3v) is 6.29. The average molecular weight is 500 g/mol. The lowest BCUT2D eigenvalue weighted by molar-refractivity contribution is -0.144. The van der Waals surface area contributed by atoms with E-state index in [2.05, 4.69) is 10.1 Å². The summed E-state index contributed by atoms with van der Waals surface area (Å²) in [7, 11) is 4.46. The Hall–Kier alpha value is -3.59. The average Bonchev–Trinajstić information content (AvgIpc) is 3.36. The summed E-state index contributed by atoms with van der Waals surface area (Å²) in [6, 6.07) is 10.3. The zero-order chi connectivity index (χ0) is 24.9.